The Hall–Kier alpha value is -2.73. The van der Waals surface area contributed by atoms with Crippen molar-refractivity contribution in [3.05, 3.63) is 12.2 Å². The molecule has 0 aromatic rings. The first-order chi connectivity index (χ1) is 12.1. The average Bonchev–Trinajstić information content (AvgIpc) is 2.61. The van der Waals surface area contributed by atoms with Crippen LogP contribution in [-0.2, 0) is 28.6 Å². The predicted molar refractivity (Wildman–Crippen MR) is 96.5 cm³/mol. The van der Waals surface area contributed by atoms with Crippen LogP contribution in [0.25, 0.3) is 0 Å². The van der Waals surface area contributed by atoms with Crippen molar-refractivity contribution in [1.82, 2.24) is 0 Å². The molecule has 0 spiro atoms. The van der Waals surface area contributed by atoms with E-state index in [0.717, 1.165) is 0 Å². The molecule has 0 aromatic carbocycles. The van der Waals surface area contributed by atoms with Gasteiger partial charge in [0.15, 0.2) is 11.5 Å². The fourth-order valence-electron chi connectivity index (χ4n) is 1.91. The van der Waals surface area contributed by atoms with Crippen LogP contribution in [0.5, 0.6) is 0 Å². The first-order valence-electron chi connectivity index (χ1n) is 7.99. The van der Waals surface area contributed by atoms with Gasteiger partial charge in [-0.1, -0.05) is 12.0 Å². The lowest BCUT2D eigenvalue weighted by molar-refractivity contribution is -0.168. The molecule has 0 saturated carbocycles. The first kappa shape index (κ1) is 23.3. The maximum absolute atomic E-state index is 12.2. The van der Waals surface area contributed by atoms with Crippen molar-refractivity contribution >= 4 is 17.9 Å². The third-order valence-corrected chi connectivity index (χ3v) is 3.51. The lowest BCUT2D eigenvalue weighted by atomic mass is 9.81. The number of esters is 3. The van der Waals surface area contributed by atoms with Crippen LogP contribution in [-0.4, -0.2) is 38.2 Å². The van der Waals surface area contributed by atoms with Gasteiger partial charge in [0, 0.05) is 6.42 Å². The molecular formula is C20H26O6. The van der Waals surface area contributed by atoms with E-state index in [0.29, 0.717) is 0 Å². The fraction of sp³-hybridized carbons (Fsp3) is 0.550. The summed E-state index contributed by atoms with van der Waals surface area (Å²) in [5, 5.41) is 0. The van der Waals surface area contributed by atoms with E-state index in [2.05, 4.69) is 17.8 Å². The number of allylic oxidation sites excluding steroid dienone is 1. The molecule has 1 atom stereocenters. The molecule has 0 saturated heterocycles. The standard InChI is InChI=1S/C20H26O6/c1-8-10-13-20(17(22)24-6,18(23)25-7)14-11-12-15(9-2)26-16(21)19(3,4)5/h2,11-12,15H,13-14H2,1,3-7H3/b12-11+. The summed E-state index contributed by atoms with van der Waals surface area (Å²) in [5.41, 5.74) is -2.32. The fourth-order valence-corrected chi connectivity index (χ4v) is 1.91. The van der Waals surface area contributed by atoms with Gasteiger partial charge in [-0.15, -0.1) is 18.3 Å². The topological polar surface area (TPSA) is 78.9 Å². The highest BCUT2D eigenvalue weighted by molar-refractivity contribution is 6.00. The van der Waals surface area contributed by atoms with Gasteiger partial charge >= 0.3 is 17.9 Å². The summed E-state index contributed by atoms with van der Waals surface area (Å²) in [6.45, 7) is 6.70. The third kappa shape index (κ3) is 6.29. The van der Waals surface area contributed by atoms with Crippen LogP contribution < -0.4 is 0 Å². The van der Waals surface area contributed by atoms with Gasteiger partial charge in [0.05, 0.1) is 19.6 Å². The summed E-state index contributed by atoms with van der Waals surface area (Å²) >= 11 is 0. The molecule has 0 bridgehead atoms. The zero-order chi connectivity index (χ0) is 20.4. The Labute approximate surface area is 155 Å². The van der Waals surface area contributed by atoms with E-state index < -0.39 is 34.8 Å². The van der Waals surface area contributed by atoms with E-state index in [1.54, 1.807) is 27.7 Å². The van der Waals surface area contributed by atoms with Crippen molar-refractivity contribution in [1.29, 1.82) is 0 Å². The number of carbonyl (C=O) groups is 3. The molecule has 6 nitrogen and oxygen atoms in total. The Morgan fingerprint density at radius 1 is 1.08 bits per heavy atom. The maximum Gasteiger partial charge on any atom is 0.324 e. The van der Waals surface area contributed by atoms with E-state index in [9.17, 15) is 14.4 Å². The number of rotatable bonds is 7. The molecule has 142 valence electrons. The summed E-state index contributed by atoms with van der Waals surface area (Å²) in [7, 11) is 2.36. The van der Waals surface area contributed by atoms with Crippen LogP contribution in [0, 0.1) is 35.0 Å². The van der Waals surface area contributed by atoms with Gasteiger partial charge in [0.2, 0.25) is 0 Å². The van der Waals surface area contributed by atoms with Crippen LogP contribution in [0.4, 0.5) is 0 Å². The van der Waals surface area contributed by atoms with Gasteiger partial charge in [-0.2, -0.15) is 0 Å². The van der Waals surface area contributed by atoms with Crippen molar-refractivity contribution < 1.29 is 28.6 Å². The van der Waals surface area contributed by atoms with E-state index in [4.69, 9.17) is 20.6 Å². The van der Waals surface area contributed by atoms with Gasteiger partial charge in [-0.05, 0) is 40.2 Å². The minimum atomic E-state index is -1.61. The molecule has 26 heavy (non-hydrogen) atoms. The highest BCUT2D eigenvalue weighted by atomic mass is 16.5. The summed E-state index contributed by atoms with van der Waals surface area (Å²) in [5.74, 6) is 5.70. The number of ether oxygens (including phenoxy) is 3. The van der Waals surface area contributed by atoms with Gasteiger partial charge < -0.3 is 14.2 Å². The van der Waals surface area contributed by atoms with Crippen molar-refractivity contribution in [2.45, 2.75) is 46.6 Å². The highest BCUT2D eigenvalue weighted by Gasteiger charge is 2.47. The zero-order valence-electron chi connectivity index (χ0n) is 16.2. The molecule has 0 fully saturated rings. The molecule has 0 radical (unpaired) electrons. The molecule has 0 N–H and O–H groups in total. The predicted octanol–water partition coefficient (Wildman–Crippen LogP) is 2.27. The SMILES string of the molecule is C#CC(/C=C/CC(CC#CC)(C(=O)OC)C(=O)OC)OC(=O)C(C)(C)C. The van der Waals surface area contributed by atoms with E-state index in [1.165, 1.54) is 26.4 Å². The zero-order valence-corrected chi connectivity index (χ0v) is 16.2. The Kier molecular flexibility index (Phi) is 9.22. The Morgan fingerprint density at radius 2 is 1.62 bits per heavy atom. The van der Waals surface area contributed by atoms with Crippen LogP contribution in [0.3, 0.4) is 0 Å². The molecule has 0 amide bonds. The van der Waals surface area contributed by atoms with Crippen LogP contribution in [0.1, 0.15) is 40.5 Å². The monoisotopic (exact) mass is 362 g/mol. The lowest BCUT2D eigenvalue weighted by Gasteiger charge is -2.25. The summed E-state index contributed by atoms with van der Waals surface area (Å²) in [4.78, 5) is 36.4. The quantitative estimate of drug-likeness (QED) is 0.227. The Balaban J connectivity index is 5.50. The average molecular weight is 362 g/mol. The minimum absolute atomic E-state index is 0.0632. The second kappa shape index (κ2) is 10.3. The lowest BCUT2D eigenvalue weighted by Crippen LogP contribution is -2.40. The third-order valence-electron chi connectivity index (χ3n) is 3.51. The largest absolute Gasteiger partial charge is 0.468 e. The normalized spacial score (nSPS) is 12.3. The van der Waals surface area contributed by atoms with Gasteiger partial charge in [0.25, 0.3) is 0 Å². The first-order valence-corrected chi connectivity index (χ1v) is 7.99. The van der Waals surface area contributed by atoms with Crippen molar-refractivity contribution in [3.8, 4) is 24.2 Å². The molecule has 0 aromatic heterocycles. The maximum atomic E-state index is 12.2. The Bertz CT molecular complexity index is 633. The minimum Gasteiger partial charge on any atom is -0.468 e. The van der Waals surface area contributed by atoms with Crippen LogP contribution in [0.2, 0.25) is 0 Å². The molecule has 1 unspecified atom stereocenters. The molecule has 0 aliphatic carbocycles. The van der Waals surface area contributed by atoms with E-state index >= 15 is 0 Å². The molecule has 0 heterocycles. The summed E-state index contributed by atoms with van der Waals surface area (Å²) in [6.07, 6.45) is 7.25. The number of terminal acetylenes is 1. The molecule has 6 heteroatoms. The van der Waals surface area contributed by atoms with Crippen molar-refractivity contribution in [2.24, 2.45) is 10.8 Å². The van der Waals surface area contributed by atoms with E-state index in [1.807, 2.05) is 0 Å². The Morgan fingerprint density at radius 3 is 2.00 bits per heavy atom. The van der Waals surface area contributed by atoms with Crippen molar-refractivity contribution in [2.75, 3.05) is 14.2 Å². The second-order valence-electron chi connectivity index (χ2n) is 6.54. The van der Waals surface area contributed by atoms with Gasteiger partial charge in [-0.25, -0.2) is 0 Å². The molecule has 0 aliphatic heterocycles. The number of hydrogen-bond acceptors (Lipinski definition) is 6. The van der Waals surface area contributed by atoms with Crippen LogP contribution in [0.15, 0.2) is 12.2 Å². The molecule has 0 aliphatic rings. The van der Waals surface area contributed by atoms with Gasteiger partial charge in [0.1, 0.15) is 0 Å². The number of methoxy groups -OCH3 is 2. The molecular weight excluding hydrogens is 336 g/mol. The van der Waals surface area contributed by atoms with Crippen molar-refractivity contribution in [3.63, 3.8) is 0 Å². The summed E-state index contributed by atoms with van der Waals surface area (Å²) < 4.78 is 14.7. The molecule has 0 rings (SSSR count). The second-order valence-corrected chi connectivity index (χ2v) is 6.54. The number of carbonyl (C=O) groups excluding carboxylic acids is 3. The summed E-state index contributed by atoms with van der Waals surface area (Å²) in [6, 6.07) is 0. The van der Waals surface area contributed by atoms with Crippen LogP contribution >= 0.6 is 0 Å². The smallest absolute Gasteiger partial charge is 0.324 e. The highest BCUT2D eigenvalue weighted by Crippen LogP contribution is 2.31. The van der Waals surface area contributed by atoms with Gasteiger partial charge in [-0.3, -0.25) is 14.4 Å². The van der Waals surface area contributed by atoms with E-state index in [-0.39, 0.29) is 12.8 Å². The number of hydrogen-bond donors (Lipinski definition) is 0.